The van der Waals surface area contributed by atoms with E-state index in [9.17, 15) is 0 Å². The maximum Gasteiger partial charge on any atom is 0.126 e. The summed E-state index contributed by atoms with van der Waals surface area (Å²) < 4.78 is 5.99. The lowest BCUT2D eigenvalue weighted by Crippen LogP contribution is -2.28. The van der Waals surface area contributed by atoms with Gasteiger partial charge in [0, 0.05) is 30.4 Å². The molecule has 0 saturated carbocycles. The number of halogens is 1. The van der Waals surface area contributed by atoms with E-state index in [1.165, 1.54) is 5.56 Å². The number of hydrogen-bond acceptors (Lipinski definition) is 4. The van der Waals surface area contributed by atoms with E-state index < -0.39 is 0 Å². The summed E-state index contributed by atoms with van der Waals surface area (Å²) in [4.78, 5) is 4.25. The maximum absolute atomic E-state index is 5.81. The van der Waals surface area contributed by atoms with Gasteiger partial charge in [-0.2, -0.15) is 0 Å². The lowest BCUT2D eigenvalue weighted by Gasteiger charge is -2.11. The Morgan fingerprint density at radius 2 is 2.38 bits per heavy atom. The van der Waals surface area contributed by atoms with Gasteiger partial charge in [-0.1, -0.05) is 0 Å². The fourth-order valence-electron chi connectivity index (χ4n) is 1.32. The first-order valence-corrected chi connectivity index (χ1v) is 6.03. The van der Waals surface area contributed by atoms with Gasteiger partial charge in [-0.3, -0.25) is 0 Å². The van der Waals surface area contributed by atoms with Gasteiger partial charge >= 0.3 is 0 Å². The largest absolute Gasteiger partial charge is 0.383 e. The zero-order chi connectivity index (χ0) is 12.0. The van der Waals surface area contributed by atoms with Crippen LogP contribution < -0.4 is 11.1 Å². The van der Waals surface area contributed by atoms with Crippen molar-refractivity contribution < 1.29 is 4.74 Å². The number of nitrogens with zero attached hydrogens (tertiary/aromatic N) is 1. The van der Waals surface area contributed by atoms with Crippen LogP contribution in [0.5, 0.6) is 0 Å². The second-order valence-corrected chi connectivity index (χ2v) is 4.60. The van der Waals surface area contributed by atoms with Crippen molar-refractivity contribution in [3.8, 4) is 0 Å². The van der Waals surface area contributed by atoms with E-state index in [0.717, 1.165) is 23.3 Å². The molecule has 3 N–H and O–H groups in total. The summed E-state index contributed by atoms with van der Waals surface area (Å²) >= 11 is 3.41. The molecule has 1 aromatic heterocycles. The van der Waals surface area contributed by atoms with Gasteiger partial charge in [0.25, 0.3) is 0 Å². The molecule has 0 aliphatic carbocycles. The first-order chi connectivity index (χ1) is 7.63. The van der Waals surface area contributed by atoms with E-state index in [1.807, 2.05) is 13.0 Å². The number of hydrogen-bond donors (Lipinski definition) is 2. The Morgan fingerprint density at radius 1 is 1.62 bits per heavy atom. The molecule has 0 spiro atoms. The number of methoxy groups -OCH3 is 1. The van der Waals surface area contributed by atoms with Crippen molar-refractivity contribution in [2.24, 2.45) is 5.73 Å². The van der Waals surface area contributed by atoms with E-state index in [1.54, 1.807) is 13.3 Å². The monoisotopic (exact) mass is 287 g/mol. The normalized spacial score (nSPS) is 12.5. The van der Waals surface area contributed by atoms with Crippen LogP contribution in [-0.2, 0) is 4.74 Å². The molecule has 0 amide bonds. The molecule has 0 bridgehead atoms. The first kappa shape index (κ1) is 13.4. The highest BCUT2D eigenvalue weighted by Crippen LogP contribution is 2.17. The number of aryl methyl sites for hydroxylation is 1. The number of pyridine rings is 1. The van der Waals surface area contributed by atoms with Gasteiger partial charge in [-0.15, -0.1) is 0 Å². The van der Waals surface area contributed by atoms with Crippen LogP contribution in [0, 0.1) is 6.92 Å². The lowest BCUT2D eigenvalue weighted by atomic mass is 10.2. The number of nitrogens with one attached hydrogen (secondary N) is 1. The van der Waals surface area contributed by atoms with E-state index in [-0.39, 0.29) is 6.04 Å². The smallest absolute Gasteiger partial charge is 0.126 e. The van der Waals surface area contributed by atoms with Crippen LogP contribution in [-0.4, -0.2) is 31.3 Å². The molecule has 1 unspecified atom stereocenters. The summed E-state index contributed by atoms with van der Waals surface area (Å²) in [6, 6.07) is 2.08. The minimum Gasteiger partial charge on any atom is -0.383 e. The van der Waals surface area contributed by atoms with Gasteiger partial charge in [0.15, 0.2) is 0 Å². The zero-order valence-corrected chi connectivity index (χ0v) is 11.3. The zero-order valence-electron chi connectivity index (χ0n) is 9.66. The van der Waals surface area contributed by atoms with Crippen molar-refractivity contribution in [2.75, 3.05) is 25.6 Å². The van der Waals surface area contributed by atoms with Gasteiger partial charge < -0.3 is 15.8 Å². The van der Waals surface area contributed by atoms with Crippen LogP contribution in [0.25, 0.3) is 0 Å². The molecule has 0 aliphatic rings. The molecule has 1 aromatic rings. The van der Waals surface area contributed by atoms with Crippen LogP contribution in [0.3, 0.4) is 0 Å². The highest BCUT2D eigenvalue weighted by Gasteiger charge is 2.02. The molecule has 0 saturated heterocycles. The van der Waals surface area contributed by atoms with Gasteiger partial charge in [0.1, 0.15) is 5.82 Å². The van der Waals surface area contributed by atoms with Crippen molar-refractivity contribution in [3.05, 3.63) is 22.3 Å². The SMILES string of the molecule is COCC(N)CCNc1cc(C)c(Br)cn1. The summed E-state index contributed by atoms with van der Waals surface area (Å²) in [5, 5.41) is 3.23. The molecule has 16 heavy (non-hydrogen) atoms. The van der Waals surface area contributed by atoms with Gasteiger partial charge in [0.2, 0.25) is 0 Å². The predicted molar refractivity (Wildman–Crippen MR) is 69.6 cm³/mol. The molecular formula is C11H18BrN3O. The molecule has 1 heterocycles. The average molecular weight is 288 g/mol. The van der Waals surface area contributed by atoms with E-state index in [4.69, 9.17) is 10.5 Å². The van der Waals surface area contributed by atoms with Gasteiger partial charge in [0.05, 0.1) is 6.61 Å². The molecule has 0 aliphatic heterocycles. The summed E-state index contributed by atoms with van der Waals surface area (Å²) in [7, 11) is 1.66. The highest BCUT2D eigenvalue weighted by molar-refractivity contribution is 9.10. The second-order valence-electron chi connectivity index (χ2n) is 3.75. The van der Waals surface area contributed by atoms with Crippen molar-refractivity contribution in [1.82, 2.24) is 4.98 Å². The third-order valence-electron chi connectivity index (χ3n) is 2.25. The summed E-state index contributed by atoms with van der Waals surface area (Å²) in [6.45, 7) is 3.43. The fraction of sp³-hybridized carbons (Fsp3) is 0.545. The molecule has 90 valence electrons. The van der Waals surface area contributed by atoms with Crippen LogP contribution in [0.4, 0.5) is 5.82 Å². The molecular weight excluding hydrogens is 270 g/mol. The quantitative estimate of drug-likeness (QED) is 0.839. The van der Waals surface area contributed by atoms with Crippen molar-refractivity contribution >= 4 is 21.7 Å². The molecule has 1 rings (SSSR count). The Morgan fingerprint density at radius 3 is 3.00 bits per heavy atom. The van der Waals surface area contributed by atoms with Gasteiger partial charge in [-0.25, -0.2) is 4.98 Å². The van der Waals surface area contributed by atoms with E-state index in [2.05, 4.69) is 26.2 Å². The van der Waals surface area contributed by atoms with E-state index >= 15 is 0 Å². The van der Waals surface area contributed by atoms with Crippen LogP contribution in [0.2, 0.25) is 0 Å². The Labute approximate surface area is 105 Å². The fourth-order valence-corrected chi connectivity index (χ4v) is 1.54. The van der Waals surface area contributed by atoms with Crippen LogP contribution in [0.1, 0.15) is 12.0 Å². The maximum atomic E-state index is 5.81. The Kier molecular flexibility index (Phi) is 5.73. The van der Waals surface area contributed by atoms with E-state index in [0.29, 0.717) is 6.61 Å². The number of anilines is 1. The molecule has 4 nitrogen and oxygen atoms in total. The number of nitrogens with two attached hydrogens (primary N) is 1. The summed E-state index contributed by atoms with van der Waals surface area (Å²) in [5.41, 5.74) is 6.97. The van der Waals surface area contributed by atoms with Crippen molar-refractivity contribution in [1.29, 1.82) is 0 Å². The third-order valence-corrected chi connectivity index (χ3v) is 3.08. The first-order valence-electron chi connectivity index (χ1n) is 5.24. The predicted octanol–water partition coefficient (Wildman–Crippen LogP) is 1.93. The second kappa shape index (κ2) is 6.83. The average Bonchev–Trinajstić information content (AvgIpc) is 2.24. The minimum absolute atomic E-state index is 0.0778. The molecule has 0 radical (unpaired) electrons. The molecule has 1 atom stereocenters. The standard InChI is InChI=1S/C11H18BrN3O/c1-8-5-11(15-6-10(8)12)14-4-3-9(13)7-16-2/h5-6,9H,3-4,7,13H2,1-2H3,(H,14,15). The molecule has 0 fully saturated rings. The van der Waals surface area contributed by atoms with Crippen LogP contribution in [0.15, 0.2) is 16.7 Å². The Bertz CT molecular complexity index is 333. The number of aromatic nitrogens is 1. The Hall–Kier alpha value is -0.650. The van der Waals surface area contributed by atoms with Crippen LogP contribution >= 0.6 is 15.9 Å². The van der Waals surface area contributed by atoms with Crippen molar-refractivity contribution in [2.45, 2.75) is 19.4 Å². The summed E-state index contributed by atoms with van der Waals surface area (Å²) in [6.07, 6.45) is 2.66. The number of rotatable bonds is 6. The van der Waals surface area contributed by atoms with Gasteiger partial charge in [-0.05, 0) is 40.9 Å². The lowest BCUT2D eigenvalue weighted by molar-refractivity contribution is 0.178. The Balaban J connectivity index is 2.34. The number of ether oxygens (including phenoxy) is 1. The topological polar surface area (TPSA) is 60.2 Å². The summed E-state index contributed by atoms with van der Waals surface area (Å²) in [5.74, 6) is 0.880. The molecule has 5 heteroatoms. The van der Waals surface area contributed by atoms with Crippen molar-refractivity contribution in [3.63, 3.8) is 0 Å². The highest BCUT2D eigenvalue weighted by atomic mass is 79.9. The third kappa shape index (κ3) is 4.47. The minimum atomic E-state index is 0.0778. The molecule has 0 aromatic carbocycles.